The lowest BCUT2D eigenvalue weighted by molar-refractivity contribution is 0.0960. The zero-order valence-electron chi connectivity index (χ0n) is 10.1. The van der Waals surface area contributed by atoms with Gasteiger partial charge in [0, 0.05) is 18.8 Å². The van der Waals surface area contributed by atoms with E-state index in [4.69, 9.17) is 9.84 Å². The minimum Gasteiger partial charge on any atom is -0.394 e. The van der Waals surface area contributed by atoms with Crippen molar-refractivity contribution in [3.05, 3.63) is 17.0 Å². The van der Waals surface area contributed by atoms with Crippen LogP contribution >= 0.6 is 15.9 Å². The molecule has 1 heterocycles. The SMILES string of the molecule is CC(C)N(CCOCCO)c1ncncc1Br. The molecule has 0 aliphatic rings. The standard InChI is InChI=1S/C11H18BrN3O2/c1-9(2)15(3-5-17-6-4-16)11-10(12)7-13-8-14-11/h7-9,16H,3-6H2,1-2H3. The predicted octanol–water partition coefficient (Wildman–Crippen LogP) is 1.46. The van der Waals surface area contributed by atoms with Crippen molar-refractivity contribution >= 4 is 21.7 Å². The molecule has 5 nitrogen and oxygen atoms in total. The first-order valence-corrected chi connectivity index (χ1v) is 6.37. The van der Waals surface area contributed by atoms with Crippen molar-refractivity contribution in [3.8, 4) is 0 Å². The Labute approximate surface area is 110 Å². The Morgan fingerprint density at radius 3 is 2.82 bits per heavy atom. The number of aliphatic hydroxyl groups is 1. The van der Waals surface area contributed by atoms with Gasteiger partial charge in [-0.2, -0.15) is 0 Å². The number of rotatable bonds is 7. The number of halogens is 1. The summed E-state index contributed by atoms with van der Waals surface area (Å²) in [5.74, 6) is 0.864. The molecule has 6 heteroatoms. The molecule has 0 unspecified atom stereocenters. The third-order valence-corrected chi connectivity index (χ3v) is 2.82. The zero-order valence-corrected chi connectivity index (χ0v) is 11.7. The van der Waals surface area contributed by atoms with Gasteiger partial charge in [-0.25, -0.2) is 9.97 Å². The average Bonchev–Trinajstić information content (AvgIpc) is 2.30. The number of nitrogens with zero attached hydrogens (tertiary/aromatic N) is 3. The van der Waals surface area contributed by atoms with Crippen molar-refractivity contribution < 1.29 is 9.84 Å². The van der Waals surface area contributed by atoms with E-state index in [0.717, 1.165) is 16.8 Å². The second-order valence-electron chi connectivity index (χ2n) is 3.82. The highest BCUT2D eigenvalue weighted by Crippen LogP contribution is 2.23. The number of ether oxygens (including phenoxy) is 1. The molecule has 0 spiro atoms. The molecule has 0 bridgehead atoms. The van der Waals surface area contributed by atoms with Gasteiger partial charge in [-0.1, -0.05) is 0 Å². The molecule has 1 aromatic heterocycles. The molecule has 17 heavy (non-hydrogen) atoms. The number of aromatic nitrogens is 2. The molecule has 1 aromatic rings. The molecular weight excluding hydrogens is 286 g/mol. The summed E-state index contributed by atoms with van der Waals surface area (Å²) in [6.45, 7) is 5.92. The molecule has 0 aromatic carbocycles. The normalized spacial score (nSPS) is 10.9. The monoisotopic (exact) mass is 303 g/mol. The summed E-state index contributed by atoms with van der Waals surface area (Å²) in [6, 6.07) is 0.318. The molecule has 0 saturated heterocycles. The van der Waals surface area contributed by atoms with Gasteiger partial charge >= 0.3 is 0 Å². The lowest BCUT2D eigenvalue weighted by Crippen LogP contribution is -2.35. The van der Waals surface area contributed by atoms with Crippen LogP contribution in [0.1, 0.15) is 13.8 Å². The lowest BCUT2D eigenvalue weighted by Gasteiger charge is -2.28. The summed E-state index contributed by atoms with van der Waals surface area (Å²) in [6.07, 6.45) is 3.26. The van der Waals surface area contributed by atoms with Crippen molar-refractivity contribution in [3.63, 3.8) is 0 Å². The number of hydrogen-bond acceptors (Lipinski definition) is 5. The molecule has 0 atom stereocenters. The van der Waals surface area contributed by atoms with E-state index in [1.807, 2.05) is 0 Å². The Balaban J connectivity index is 2.63. The van der Waals surface area contributed by atoms with Crippen LogP contribution in [0.2, 0.25) is 0 Å². The average molecular weight is 304 g/mol. The number of aliphatic hydroxyl groups excluding tert-OH is 1. The van der Waals surface area contributed by atoms with Crippen molar-refractivity contribution in [2.24, 2.45) is 0 Å². The second-order valence-corrected chi connectivity index (χ2v) is 4.67. The summed E-state index contributed by atoms with van der Waals surface area (Å²) >= 11 is 3.44. The van der Waals surface area contributed by atoms with Crippen LogP contribution in [0.4, 0.5) is 5.82 Å². The lowest BCUT2D eigenvalue weighted by atomic mass is 10.3. The molecule has 96 valence electrons. The highest BCUT2D eigenvalue weighted by atomic mass is 79.9. The van der Waals surface area contributed by atoms with Gasteiger partial charge in [-0.3, -0.25) is 0 Å². The Morgan fingerprint density at radius 2 is 2.24 bits per heavy atom. The predicted molar refractivity (Wildman–Crippen MR) is 70.1 cm³/mol. The first-order valence-electron chi connectivity index (χ1n) is 5.57. The minimum atomic E-state index is 0.0544. The topological polar surface area (TPSA) is 58.5 Å². The van der Waals surface area contributed by atoms with Gasteiger partial charge in [0.05, 0.1) is 24.3 Å². The zero-order chi connectivity index (χ0) is 12.7. The molecular formula is C11H18BrN3O2. The molecule has 0 aliphatic carbocycles. The molecule has 0 aliphatic heterocycles. The maximum atomic E-state index is 8.64. The van der Waals surface area contributed by atoms with Crippen LogP contribution < -0.4 is 4.90 Å². The third-order valence-electron chi connectivity index (χ3n) is 2.26. The fourth-order valence-electron chi connectivity index (χ4n) is 1.46. The Morgan fingerprint density at radius 1 is 1.47 bits per heavy atom. The molecule has 0 fully saturated rings. The first kappa shape index (κ1) is 14.3. The van der Waals surface area contributed by atoms with Crippen molar-refractivity contribution in [2.75, 3.05) is 31.3 Å². The van der Waals surface area contributed by atoms with Gasteiger partial charge in [0.1, 0.15) is 12.1 Å². The summed E-state index contributed by atoms with van der Waals surface area (Å²) < 4.78 is 6.15. The van der Waals surface area contributed by atoms with E-state index in [-0.39, 0.29) is 6.61 Å². The quantitative estimate of drug-likeness (QED) is 0.773. The van der Waals surface area contributed by atoms with Crippen molar-refractivity contribution in [2.45, 2.75) is 19.9 Å². The molecule has 0 amide bonds. The van der Waals surface area contributed by atoms with Crippen LogP contribution in [0.25, 0.3) is 0 Å². The summed E-state index contributed by atoms with van der Waals surface area (Å²) in [5.41, 5.74) is 0. The van der Waals surface area contributed by atoms with Crippen LogP contribution in [0.5, 0.6) is 0 Å². The van der Waals surface area contributed by atoms with E-state index < -0.39 is 0 Å². The van der Waals surface area contributed by atoms with Gasteiger partial charge in [-0.15, -0.1) is 0 Å². The molecule has 1 N–H and O–H groups in total. The number of anilines is 1. The van der Waals surface area contributed by atoms with Gasteiger partial charge in [-0.05, 0) is 29.8 Å². The minimum absolute atomic E-state index is 0.0544. The Hall–Kier alpha value is -0.720. The Bertz CT molecular complexity index is 336. The van der Waals surface area contributed by atoms with Crippen LogP contribution in [-0.2, 0) is 4.74 Å². The van der Waals surface area contributed by atoms with Gasteiger partial charge < -0.3 is 14.7 Å². The number of hydrogen-bond donors (Lipinski definition) is 1. The van der Waals surface area contributed by atoms with Crippen LogP contribution in [0.15, 0.2) is 17.0 Å². The van der Waals surface area contributed by atoms with Crippen molar-refractivity contribution in [1.29, 1.82) is 0 Å². The summed E-state index contributed by atoms with van der Waals surface area (Å²) in [5, 5.41) is 8.64. The maximum absolute atomic E-state index is 8.64. The molecule has 0 saturated carbocycles. The highest BCUT2D eigenvalue weighted by Gasteiger charge is 2.14. The molecule has 1 rings (SSSR count). The van der Waals surface area contributed by atoms with Crippen molar-refractivity contribution in [1.82, 2.24) is 9.97 Å². The summed E-state index contributed by atoms with van der Waals surface area (Å²) in [7, 11) is 0. The van der Waals surface area contributed by atoms with Crippen LogP contribution in [-0.4, -0.2) is 47.5 Å². The van der Waals surface area contributed by atoms with Crippen LogP contribution in [0.3, 0.4) is 0 Å². The summed E-state index contributed by atoms with van der Waals surface area (Å²) in [4.78, 5) is 10.3. The van der Waals surface area contributed by atoms with E-state index in [9.17, 15) is 0 Å². The van der Waals surface area contributed by atoms with E-state index in [0.29, 0.717) is 19.3 Å². The van der Waals surface area contributed by atoms with Gasteiger partial charge in [0.25, 0.3) is 0 Å². The molecule has 0 radical (unpaired) electrons. The largest absolute Gasteiger partial charge is 0.394 e. The maximum Gasteiger partial charge on any atom is 0.146 e. The van der Waals surface area contributed by atoms with Gasteiger partial charge in [0.15, 0.2) is 0 Å². The van der Waals surface area contributed by atoms with E-state index in [2.05, 4.69) is 44.6 Å². The van der Waals surface area contributed by atoms with Crippen LogP contribution in [0, 0.1) is 0 Å². The van der Waals surface area contributed by atoms with E-state index >= 15 is 0 Å². The first-order chi connectivity index (χ1) is 8.16. The fraction of sp³-hybridized carbons (Fsp3) is 0.636. The van der Waals surface area contributed by atoms with Gasteiger partial charge in [0.2, 0.25) is 0 Å². The third kappa shape index (κ3) is 4.57. The Kier molecular flexibility index (Phi) is 6.39. The van der Waals surface area contributed by atoms with E-state index in [1.165, 1.54) is 6.33 Å². The smallest absolute Gasteiger partial charge is 0.146 e. The fourth-order valence-corrected chi connectivity index (χ4v) is 1.90. The van der Waals surface area contributed by atoms with E-state index in [1.54, 1.807) is 6.20 Å². The second kappa shape index (κ2) is 7.58. The highest BCUT2D eigenvalue weighted by molar-refractivity contribution is 9.10.